The second-order valence-corrected chi connectivity index (χ2v) is 4.67. The molecule has 1 heteroatoms. The molecular weight excluding hydrogens is 158 g/mol. The van der Waals surface area contributed by atoms with Crippen LogP contribution in [-0.4, -0.2) is 13.1 Å². The van der Waals surface area contributed by atoms with Crippen LogP contribution in [0.1, 0.15) is 39.0 Å². The van der Waals surface area contributed by atoms with E-state index in [4.69, 9.17) is 0 Å². The normalized spacial score (nSPS) is 33.3. The molecule has 0 bridgehead atoms. The molecule has 2 rings (SSSR count). The van der Waals surface area contributed by atoms with Crippen molar-refractivity contribution in [1.82, 2.24) is 5.32 Å². The summed E-state index contributed by atoms with van der Waals surface area (Å²) in [5.41, 5.74) is 1.71. The number of hydrogen-bond donors (Lipinski definition) is 1. The van der Waals surface area contributed by atoms with Crippen molar-refractivity contribution in [3.8, 4) is 0 Å². The van der Waals surface area contributed by atoms with Gasteiger partial charge in [-0.25, -0.2) is 0 Å². The highest BCUT2D eigenvalue weighted by atomic mass is 14.9. The minimum Gasteiger partial charge on any atom is -0.316 e. The van der Waals surface area contributed by atoms with Crippen LogP contribution in [-0.2, 0) is 0 Å². The number of hydrogen-bond acceptors (Lipinski definition) is 1. The van der Waals surface area contributed by atoms with Gasteiger partial charge in [-0.2, -0.15) is 0 Å². The van der Waals surface area contributed by atoms with E-state index in [0.29, 0.717) is 0 Å². The Morgan fingerprint density at radius 3 is 2.92 bits per heavy atom. The SMILES string of the molecule is CC1CNCC/C1=C\CC1CCC1. The van der Waals surface area contributed by atoms with E-state index in [1.807, 2.05) is 0 Å². The van der Waals surface area contributed by atoms with Gasteiger partial charge in [0.05, 0.1) is 0 Å². The van der Waals surface area contributed by atoms with Crippen LogP contribution in [0.2, 0.25) is 0 Å². The molecule has 1 aliphatic heterocycles. The summed E-state index contributed by atoms with van der Waals surface area (Å²) in [7, 11) is 0. The molecule has 0 aromatic rings. The minimum absolute atomic E-state index is 0.786. The second kappa shape index (κ2) is 4.28. The number of nitrogens with one attached hydrogen (secondary N) is 1. The van der Waals surface area contributed by atoms with Gasteiger partial charge >= 0.3 is 0 Å². The van der Waals surface area contributed by atoms with Crippen molar-refractivity contribution < 1.29 is 0 Å². The molecule has 2 fully saturated rings. The summed E-state index contributed by atoms with van der Waals surface area (Å²) in [5, 5.41) is 3.44. The average Bonchev–Trinajstić information content (AvgIpc) is 2.05. The molecule has 0 aromatic carbocycles. The second-order valence-electron chi connectivity index (χ2n) is 4.67. The lowest BCUT2D eigenvalue weighted by Crippen LogP contribution is -2.30. The van der Waals surface area contributed by atoms with Crippen LogP contribution >= 0.6 is 0 Å². The first-order chi connectivity index (χ1) is 6.36. The van der Waals surface area contributed by atoms with Crippen molar-refractivity contribution in [3.63, 3.8) is 0 Å². The van der Waals surface area contributed by atoms with Crippen molar-refractivity contribution in [1.29, 1.82) is 0 Å². The molecule has 1 atom stereocenters. The number of piperidine rings is 1. The van der Waals surface area contributed by atoms with Crippen LogP contribution in [0.3, 0.4) is 0 Å². The fraction of sp³-hybridized carbons (Fsp3) is 0.833. The third-order valence-corrected chi connectivity index (χ3v) is 3.61. The summed E-state index contributed by atoms with van der Waals surface area (Å²) in [6.07, 6.45) is 9.63. The van der Waals surface area contributed by atoms with E-state index in [0.717, 1.165) is 11.8 Å². The van der Waals surface area contributed by atoms with Gasteiger partial charge in [-0.05, 0) is 31.2 Å². The van der Waals surface area contributed by atoms with Gasteiger partial charge in [0, 0.05) is 6.54 Å². The van der Waals surface area contributed by atoms with Crippen LogP contribution in [0.4, 0.5) is 0 Å². The molecule has 0 spiro atoms. The zero-order valence-electron chi connectivity index (χ0n) is 8.68. The summed E-state index contributed by atoms with van der Waals surface area (Å²) >= 11 is 0. The standard InChI is InChI=1S/C12H21N/c1-10-9-13-8-7-12(10)6-5-11-3-2-4-11/h6,10-11,13H,2-5,7-9H2,1H3/b12-6+. The molecule has 13 heavy (non-hydrogen) atoms. The molecule has 0 aromatic heterocycles. The average molecular weight is 179 g/mol. The van der Waals surface area contributed by atoms with Gasteiger partial charge in [0.15, 0.2) is 0 Å². The van der Waals surface area contributed by atoms with E-state index >= 15 is 0 Å². The number of rotatable bonds is 2. The molecule has 1 aliphatic carbocycles. The maximum Gasteiger partial charge on any atom is 0.00143 e. The van der Waals surface area contributed by atoms with E-state index in [1.54, 1.807) is 5.57 Å². The lowest BCUT2D eigenvalue weighted by atomic mass is 9.81. The van der Waals surface area contributed by atoms with Crippen LogP contribution in [0.15, 0.2) is 11.6 Å². The summed E-state index contributed by atoms with van der Waals surface area (Å²) < 4.78 is 0. The Morgan fingerprint density at radius 1 is 1.46 bits per heavy atom. The largest absolute Gasteiger partial charge is 0.316 e. The van der Waals surface area contributed by atoms with Gasteiger partial charge in [-0.3, -0.25) is 0 Å². The Morgan fingerprint density at radius 2 is 2.31 bits per heavy atom. The highest BCUT2D eigenvalue weighted by Gasteiger charge is 2.18. The van der Waals surface area contributed by atoms with E-state index in [1.165, 1.54) is 45.2 Å². The molecule has 2 aliphatic rings. The zero-order chi connectivity index (χ0) is 9.10. The van der Waals surface area contributed by atoms with E-state index in [-0.39, 0.29) is 0 Å². The van der Waals surface area contributed by atoms with Crippen molar-refractivity contribution in [3.05, 3.63) is 11.6 Å². The van der Waals surface area contributed by atoms with Crippen LogP contribution < -0.4 is 5.32 Å². The first-order valence-corrected chi connectivity index (χ1v) is 5.76. The van der Waals surface area contributed by atoms with Crippen molar-refractivity contribution >= 4 is 0 Å². The zero-order valence-corrected chi connectivity index (χ0v) is 8.68. The van der Waals surface area contributed by atoms with Gasteiger partial charge in [0.25, 0.3) is 0 Å². The van der Waals surface area contributed by atoms with Crippen LogP contribution in [0, 0.1) is 11.8 Å². The first-order valence-electron chi connectivity index (χ1n) is 5.76. The van der Waals surface area contributed by atoms with E-state index in [9.17, 15) is 0 Å². The van der Waals surface area contributed by atoms with Gasteiger partial charge in [0.2, 0.25) is 0 Å². The molecular formula is C12H21N. The summed E-state index contributed by atoms with van der Waals surface area (Å²) in [4.78, 5) is 0. The Bertz CT molecular complexity index is 191. The van der Waals surface area contributed by atoms with Gasteiger partial charge in [-0.15, -0.1) is 0 Å². The Labute approximate surface area is 81.6 Å². The minimum atomic E-state index is 0.786. The Kier molecular flexibility index (Phi) is 3.05. The van der Waals surface area contributed by atoms with E-state index in [2.05, 4.69) is 18.3 Å². The lowest BCUT2D eigenvalue weighted by Gasteiger charge is -2.27. The topological polar surface area (TPSA) is 12.0 Å². The van der Waals surface area contributed by atoms with Crippen molar-refractivity contribution in [2.75, 3.05) is 13.1 Å². The smallest absolute Gasteiger partial charge is 0.00143 e. The summed E-state index contributed by atoms with van der Waals surface area (Å²) in [6.45, 7) is 4.73. The fourth-order valence-electron chi connectivity index (χ4n) is 2.28. The third kappa shape index (κ3) is 2.34. The summed E-state index contributed by atoms with van der Waals surface area (Å²) in [5.74, 6) is 1.82. The molecule has 1 nitrogen and oxygen atoms in total. The van der Waals surface area contributed by atoms with Crippen molar-refractivity contribution in [2.45, 2.75) is 39.0 Å². The highest BCUT2D eigenvalue weighted by Crippen LogP contribution is 2.31. The molecule has 0 radical (unpaired) electrons. The quantitative estimate of drug-likeness (QED) is 0.643. The maximum atomic E-state index is 3.44. The molecule has 1 unspecified atom stereocenters. The Hall–Kier alpha value is -0.300. The molecule has 74 valence electrons. The van der Waals surface area contributed by atoms with Crippen LogP contribution in [0.5, 0.6) is 0 Å². The molecule has 1 saturated heterocycles. The van der Waals surface area contributed by atoms with Crippen LogP contribution in [0.25, 0.3) is 0 Å². The number of allylic oxidation sites excluding steroid dienone is 1. The third-order valence-electron chi connectivity index (χ3n) is 3.61. The monoisotopic (exact) mass is 179 g/mol. The molecule has 0 amide bonds. The lowest BCUT2D eigenvalue weighted by molar-refractivity contribution is 0.317. The molecule has 1 N–H and O–H groups in total. The molecule has 1 saturated carbocycles. The van der Waals surface area contributed by atoms with Gasteiger partial charge < -0.3 is 5.32 Å². The van der Waals surface area contributed by atoms with Gasteiger partial charge in [0.1, 0.15) is 0 Å². The van der Waals surface area contributed by atoms with Crippen molar-refractivity contribution in [2.24, 2.45) is 11.8 Å². The fourth-order valence-corrected chi connectivity index (χ4v) is 2.28. The first kappa shape index (κ1) is 9.26. The predicted molar refractivity (Wildman–Crippen MR) is 56.7 cm³/mol. The molecule has 1 heterocycles. The predicted octanol–water partition coefficient (Wildman–Crippen LogP) is 2.73. The highest BCUT2D eigenvalue weighted by molar-refractivity contribution is 5.10. The van der Waals surface area contributed by atoms with E-state index < -0.39 is 0 Å². The summed E-state index contributed by atoms with van der Waals surface area (Å²) in [6, 6.07) is 0. The van der Waals surface area contributed by atoms with Gasteiger partial charge in [-0.1, -0.05) is 37.8 Å². The maximum absolute atomic E-state index is 3.44. The Balaban J connectivity index is 1.81.